The third kappa shape index (κ3) is 5.87. The molecule has 0 radical (unpaired) electrons. The third-order valence-corrected chi connectivity index (χ3v) is 3.06. The van der Waals surface area contributed by atoms with Crippen LogP contribution in [0.3, 0.4) is 0 Å². The second-order valence-electron chi connectivity index (χ2n) is 4.40. The summed E-state index contributed by atoms with van der Waals surface area (Å²) in [7, 11) is 1.52. The number of likely N-dealkylation sites (N-methyl/N-ethyl adjacent to an activating group) is 1. The van der Waals surface area contributed by atoms with Crippen LogP contribution in [0.1, 0.15) is 19.5 Å². The highest BCUT2D eigenvalue weighted by Crippen LogP contribution is 2.11. The summed E-state index contributed by atoms with van der Waals surface area (Å²) < 4.78 is 0. The van der Waals surface area contributed by atoms with Crippen molar-refractivity contribution in [1.82, 2.24) is 20.6 Å². The average Bonchev–Trinajstić information content (AvgIpc) is 2.34. The number of hydrogen-bond donors (Lipinski definition) is 3. The van der Waals surface area contributed by atoms with Gasteiger partial charge in [-0.25, -0.2) is 4.98 Å². The number of carbonyl (C=O) groups is 2. The van der Waals surface area contributed by atoms with Gasteiger partial charge in [0.05, 0.1) is 17.9 Å². The van der Waals surface area contributed by atoms with Gasteiger partial charge in [-0.15, -0.1) is 0 Å². The minimum absolute atomic E-state index is 0.0339. The van der Waals surface area contributed by atoms with Crippen LogP contribution in [0, 0.1) is 0 Å². The molecule has 0 saturated heterocycles. The predicted molar refractivity (Wildman–Crippen MR) is 76.6 cm³/mol. The standard InChI is InChI=1S/C12H18N4O3S/c1-7(2)14-11(19)6-20-12-15-8(4-9(17)13-3)5-10(18)16-12/h5,7H,4,6H2,1-3H3,(H,13,17)(H,14,19)(H,15,16,18). The van der Waals surface area contributed by atoms with E-state index in [1.165, 1.54) is 13.1 Å². The van der Waals surface area contributed by atoms with Crippen molar-refractivity contribution in [3.05, 3.63) is 22.1 Å². The Balaban J connectivity index is 2.68. The quantitative estimate of drug-likeness (QED) is 0.493. The Bertz CT molecular complexity index is 542. The molecule has 0 saturated carbocycles. The fourth-order valence-electron chi connectivity index (χ4n) is 1.39. The molecule has 0 aliphatic rings. The third-order valence-electron chi connectivity index (χ3n) is 2.18. The second kappa shape index (κ2) is 7.68. The molecule has 8 heteroatoms. The van der Waals surface area contributed by atoms with E-state index in [1.54, 1.807) is 0 Å². The van der Waals surface area contributed by atoms with Crippen molar-refractivity contribution < 1.29 is 9.59 Å². The van der Waals surface area contributed by atoms with E-state index in [-0.39, 0.29) is 35.6 Å². The first kappa shape index (κ1) is 16.2. The van der Waals surface area contributed by atoms with Crippen LogP contribution in [-0.2, 0) is 16.0 Å². The zero-order valence-corrected chi connectivity index (χ0v) is 12.5. The van der Waals surface area contributed by atoms with E-state index in [2.05, 4.69) is 20.6 Å². The Kier molecular flexibility index (Phi) is 6.23. The van der Waals surface area contributed by atoms with Gasteiger partial charge in [0, 0.05) is 19.2 Å². The zero-order valence-electron chi connectivity index (χ0n) is 11.6. The summed E-state index contributed by atoms with van der Waals surface area (Å²) in [5.41, 5.74) is 0.0329. The fraction of sp³-hybridized carbons (Fsp3) is 0.500. The fourth-order valence-corrected chi connectivity index (χ4v) is 2.10. The molecule has 110 valence electrons. The first-order valence-electron chi connectivity index (χ1n) is 6.13. The van der Waals surface area contributed by atoms with E-state index < -0.39 is 0 Å². The molecule has 1 rings (SSSR count). The largest absolute Gasteiger partial charge is 0.359 e. The van der Waals surface area contributed by atoms with Crippen LogP contribution in [0.25, 0.3) is 0 Å². The van der Waals surface area contributed by atoms with E-state index in [1.807, 2.05) is 13.8 Å². The molecular weight excluding hydrogens is 280 g/mol. The molecule has 0 fully saturated rings. The lowest BCUT2D eigenvalue weighted by molar-refractivity contribution is -0.120. The monoisotopic (exact) mass is 298 g/mol. The molecule has 2 amide bonds. The highest BCUT2D eigenvalue weighted by Gasteiger charge is 2.09. The molecule has 0 aromatic carbocycles. The topological polar surface area (TPSA) is 104 Å². The first-order valence-corrected chi connectivity index (χ1v) is 7.12. The van der Waals surface area contributed by atoms with Crippen molar-refractivity contribution in [2.45, 2.75) is 31.5 Å². The Morgan fingerprint density at radius 1 is 1.40 bits per heavy atom. The average molecular weight is 298 g/mol. The highest BCUT2D eigenvalue weighted by atomic mass is 32.2. The van der Waals surface area contributed by atoms with Gasteiger partial charge in [0.1, 0.15) is 0 Å². The number of H-pyrrole nitrogens is 1. The number of carbonyl (C=O) groups excluding carboxylic acids is 2. The van der Waals surface area contributed by atoms with Crippen LogP contribution in [-0.4, -0.2) is 40.6 Å². The number of hydrogen-bond acceptors (Lipinski definition) is 5. The summed E-state index contributed by atoms with van der Waals surface area (Å²) in [6.07, 6.45) is 0.0339. The van der Waals surface area contributed by atoms with Gasteiger partial charge in [0.2, 0.25) is 11.8 Å². The SMILES string of the molecule is CNC(=O)Cc1cc(=O)[nH]c(SCC(=O)NC(C)C)n1. The molecule has 0 unspecified atom stereocenters. The van der Waals surface area contributed by atoms with Crippen LogP contribution in [0.15, 0.2) is 16.0 Å². The predicted octanol–water partition coefficient (Wildman–Crippen LogP) is -0.325. The van der Waals surface area contributed by atoms with Crippen LogP contribution in [0.2, 0.25) is 0 Å². The smallest absolute Gasteiger partial charge is 0.251 e. The number of nitrogens with one attached hydrogen (secondary N) is 3. The van der Waals surface area contributed by atoms with E-state index >= 15 is 0 Å². The van der Waals surface area contributed by atoms with Crippen molar-refractivity contribution in [2.24, 2.45) is 0 Å². The van der Waals surface area contributed by atoms with E-state index in [0.29, 0.717) is 10.9 Å². The molecule has 1 heterocycles. The van der Waals surface area contributed by atoms with Crippen LogP contribution < -0.4 is 16.2 Å². The maximum Gasteiger partial charge on any atom is 0.251 e. The lowest BCUT2D eigenvalue weighted by Crippen LogP contribution is -2.31. The van der Waals surface area contributed by atoms with Gasteiger partial charge in [-0.1, -0.05) is 11.8 Å². The van der Waals surface area contributed by atoms with Gasteiger partial charge >= 0.3 is 0 Å². The molecule has 1 aromatic rings. The van der Waals surface area contributed by atoms with E-state index in [0.717, 1.165) is 11.8 Å². The summed E-state index contributed by atoms with van der Waals surface area (Å²) in [5.74, 6) is -0.203. The molecule has 0 aliphatic heterocycles. The molecule has 20 heavy (non-hydrogen) atoms. The zero-order chi connectivity index (χ0) is 15.1. The molecule has 0 bridgehead atoms. The number of nitrogens with zero attached hydrogens (tertiary/aromatic N) is 1. The molecule has 1 aromatic heterocycles. The first-order chi connectivity index (χ1) is 9.40. The van der Waals surface area contributed by atoms with Gasteiger partial charge in [0.25, 0.3) is 5.56 Å². The number of rotatable bonds is 6. The van der Waals surface area contributed by atoms with Crippen molar-refractivity contribution in [3.63, 3.8) is 0 Å². The number of aromatic nitrogens is 2. The molecule has 0 aliphatic carbocycles. The van der Waals surface area contributed by atoms with Gasteiger partial charge in [-0.3, -0.25) is 14.4 Å². The van der Waals surface area contributed by atoms with Crippen molar-refractivity contribution >= 4 is 23.6 Å². The molecule has 3 N–H and O–H groups in total. The van der Waals surface area contributed by atoms with Crippen molar-refractivity contribution in [2.75, 3.05) is 12.8 Å². The lowest BCUT2D eigenvalue weighted by atomic mass is 10.3. The summed E-state index contributed by atoms with van der Waals surface area (Å²) in [6.45, 7) is 3.74. The molecule has 0 atom stereocenters. The van der Waals surface area contributed by atoms with Crippen LogP contribution in [0.5, 0.6) is 0 Å². The number of amides is 2. The van der Waals surface area contributed by atoms with Gasteiger partial charge in [-0.05, 0) is 13.8 Å². The number of aromatic amines is 1. The molecular formula is C12H18N4O3S. The highest BCUT2D eigenvalue weighted by molar-refractivity contribution is 7.99. The van der Waals surface area contributed by atoms with Crippen LogP contribution >= 0.6 is 11.8 Å². The maximum atomic E-state index is 11.5. The van der Waals surface area contributed by atoms with Crippen LogP contribution in [0.4, 0.5) is 0 Å². The van der Waals surface area contributed by atoms with Crippen molar-refractivity contribution in [1.29, 1.82) is 0 Å². The van der Waals surface area contributed by atoms with E-state index in [9.17, 15) is 14.4 Å². The minimum Gasteiger partial charge on any atom is -0.359 e. The Hall–Kier alpha value is -1.83. The summed E-state index contributed by atoms with van der Waals surface area (Å²) in [4.78, 5) is 40.9. The van der Waals surface area contributed by atoms with Gasteiger partial charge in [0.15, 0.2) is 5.16 Å². The molecule has 0 spiro atoms. The van der Waals surface area contributed by atoms with E-state index in [4.69, 9.17) is 0 Å². The summed E-state index contributed by atoms with van der Waals surface area (Å²) in [5, 5.41) is 5.53. The molecule has 7 nitrogen and oxygen atoms in total. The van der Waals surface area contributed by atoms with Gasteiger partial charge in [-0.2, -0.15) is 0 Å². The normalized spacial score (nSPS) is 10.4. The maximum absolute atomic E-state index is 11.5. The minimum atomic E-state index is -0.342. The Morgan fingerprint density at radius 2 is 2.10 bits per heavy atom. The Morgan fingerprint density at radius 3 is 2.70 bits per heavy atom. The summed E-state index contributed by atoms with van der Waals surface area (Å²) in [6, 6.07) is 1.34. The van der Waals surface area contributed by atoms with Gasteiger partial charge < -0.3 is 15.6 Å². The van der Waals surface area contributed by atoms with Crippen molar-refractivity contribution in [3.8, 4) is 0 Å². The number of thioether (sulfide) groups is 1. The second-order valence-corrected chi connectivity index (χ2v) is 5.37. The summed E-state index contributed by atoms with van der Waals surface area (Å²) >= 11 is 1.12. The lowest BCUT2D eigenvalue weighted by Gasteiger charge is -2.07. The Labute approximate surface area is 120 Å².